The Bertz CT molecular complexity index is 1310. The van der Waals surface area contributed by atoms with Crippen molar-refractivity contribution in [3.05, 3.63) is 66.8 Å². The monoisotopic (exact) mass is 484 g/mol. The molecule has 9 nitrogen and oxygen atoms in total. The summed E-state index contributed by atoms with van der Waals surface area (Å²) in [5, 5.41) is 6.74. The molecule has 2 aromatic heterocycles. The number of aromatic nitrogens is 2. The zero-order valence-corrected chi connectivity index (χ0v) is 19.8. The standard InChI is InChI=1S/C27H28N6O3/c28-24(34)22-16-6-7-17(12-16)23(22)31-25-21(19-8-11-36-15-19)14-29-27(32-25)30-20-5-3-4-18(13-20)26(35)33-9-1-2-10-33/h3-8,11,13-17,22-23H,1-2,9-10,12H2,(H2,28,34)(H2,29,30,31,32). The number of nitrogens with two attached hydrogens (primary N) is 1. The lowest BCUT2D eigenvalue weighted by Gasteiger charge is -2.28. The van der Waals surface area contributed by atoms with Gasteiger partial charge in [-0.3, -0.25) is 9.59 Å². The third kappa shape index (κ3) is 4.10. The molecule has 4 unspecified atom stereocenters. The predicted molar refractivity (Wildman–Crippen MR) is 135 cm³/mol. The quantitative estimate of drug-likeness (QED) is 0.435. The highest BCUT2D eigenvalue weighted by Gasteiger charge is 2.47. The zero-order chi connectivity index (χ0) is 24.6. The Morgan fingerprint density at radius 1 is 1.11 bits per heavy atom. The fourth-order valence-corrected chi connectivity index (χ4v) is 5.71. The van der Waals surface area contributed by atoms with E-state index in [1.54, 1.807) is 18.7 Å². The maximum absolute atomic E-state index is 12.8. The molecule has 0 radical (unpaired) electrons. The van der Waals surface area contributed by atoms with E-state index in [0.717, 1.165) is 49.2 Å². The topological polar surface area (TPSA) is 126 Å². The fraction of sp³-hybridized carbons (Fsp3) is 0.333. The van der Waals surface area contributed by atoms with E-state index in [0.29, 0.717) is 17.3 Å². The van der Waals surface area contributed by atoms with Crippen LogP contribution in [0.5, 0.6) is 0 Å². The minimum absolute atomic E-state index is 0.0385. The van der Waals surface area contributed by atoms with Gasteiger partial charge in [-0.25, -0.2) is 4.98 Å². The van der Waals surface area contributed by atoms with Crippen LogP contribution in [-0.4, -0.2) is 45.8 Å². The Hall–Kier alpha value is -4.14. The van der Waals surface area contributed by atoms with Crippen molar-refractivity contribution in [2.75, 3.05) is 23.7 Å². The van der Waals surface area contributed by atoms with Crippen molar-refractivity contribution in [1.82, 2.24) is 14.9 Å². The number of benzene rings is 1. The van der Waals surface area contributed by atoms with Crippen LogP contribution in [0.3, 0.4) is 0 Å². The van der Waals surface area contributed by atoms with Crippen molar-refractivity contribution in [2.24, 2.45) is 23.5 Å². The minimum Gasteiger partial charge on any atom is -0.472 e. The van der Waals surface area contributed by atoms with Crippen molar-refractivity contribution in [3.8, 4) is 11.1 Å². The SMILES string of the molecule is NC(=O)C1C2C=CC(C2)C1Nc1nc(Nc2cccc(C(=O)N3CCCC3)c2)ncc1-c1ccoc1. The molecular weight excluding hydrogens is 456 g/mol. The Labute approximate surface area is 208 Å². The number of likely N-dealkylation sites (tertiary alicyclic amines) is 1. The maximum Gasteiger partial charge on any atom is 0.253 e. The molecule has 3 heterocycles. The summed E-state index contributed by atoms with van der Waals surface area (Å²) in [7, 11) is 0. The fourth-order valence-electron chi connectivity index (χ4n) is 5.71. The molecular formula is C27H28N6O3. The molecule has 3 aromatic rings. The van der Waals surface area contributed by atoms with E-state index >= 15 is 0 Å². The Morgan fingerprint density at radius 3 is 2.72 bits per heavy atom. The van der Waals surface area contributed by atoms with Crippen molar-refractivity contribution < 1.29 is 14.0 Å². The molecule has 36 heavy (non-hydrogen) atoms. The molecule has 1 saturated carbocycles. The van der Waals surface area contributed by atoms with Gasteiger partial charge < -0.3 is 25.7 Å². The summed E-state index contributed by atoms with van der Waals surface area (Å²) in [5.74, 6) is 0.775. The Kier molecular flexibility index (Phi) is 5.67. The number of rotatable bonds is 7. The molecule has 1 aromatic carbocycles. The lowest BCUT2D eigenvalue weighted by Crippen LogP contribution is -2.41. The van der Waals surface area contributed by atoms with Crippen molar-refractivity contribution in [2.45, 2.75) is 25.3 Å². The van der Waals surface area contributed by atoms with Crippen LogP contribution in [0.1, 0.15) is 29.6 Å². The van der Waals surface area contributed by atoms with Crippen LogP contribution >= 0.6 is 0 Å². The number of carbonyl (C=O) groups is 2. The van der Waals surface area contributed by atoms with Crippen molar-refractivity contribution in [3.63, 3.8) is 0 Å². The van der Waals surface area contributed by atoms with Gasteiger partial charge in [-0.1, -0.05) is 18.2 Å². The van der Waals surface area contributed by atoms with Gasteiger partial charge in [0, 0.05) is 47.7 Å². The van der Waals surface area contributed by atoms with Gasteiger partial charge in [-0.05, 0) is 55.4 Å². The first-order chi connectivity index (χ1) is 17.6. The Morgan fingerprint density at radius 2 is 1.94 bits per heavy atom. The summed E-state index contributed by atoms with van der Waals surface area (Å²) >= 11 is 0. The number of nitrogens with zero attached hydrogens (tertiary/aromatic N) is 3. The van der Waals surface area contributed by atoms with Crippen LogP contribution in [0.2, 0.25) is 0 Å². The molecule has 9 heteroatoms. The molecule has 1 aliphatic heterocycles. The molecule has 0 spiro atoms. The normalized spacial score (nSPS) is 24.3. The van der Waals surface area contributed by atoms with Gasteiger partial charge in [0.2, 0.25) is 11.9 Å². The maximum atomic E-state index is 12.8. The smallest absolute Gasteiger partial charge is 0.253 e. The van der Waals surface area contributed by atoms with Gasteiger partial charge in [-0.2, -0.15) is 4.98 Å². The second kappa shape index (κ2) is 9.14. The molecule has 2 bridgehead atoms. The van der Waals surface area contributed by atoms with E-state index in [2.05, 4.69) is 27.8 Å². The van der Waals surface area contributed by atoms with Crippen molar-refractivity contribution >= 4 is 29.3 Å². The van der Waals surface area contributed by atoms with E-state index in [4.69, 9.17) is 15.1 Å². The second-order valence-electron chi connectivity index (χ2n) is 9.72. The molecule has 2 amide bonds. The average molecular weight is 485 g/mol. The molecule has 4 N–H and O–H groups in total. The third-order valence-electron chi connectivity index (χ3n) is 7.47. The summed E-state index contributed by atoms with van der Waals surface area (Å²) in [6.07, 6.45) is 12.2. The highest BCUT2D eigenvalue weighted by atomic mass is 16.3. The van der Waals surface area contributed by atoms with E-state index in [1.165, 1.54) is 0 Å². The summed E-state index contributed by atoms with van der Waals surface area (Å²) in [6, 6.07) is 9.08. The summed E-state index contributed by atoms with van der Waals surface area (Å²) in [4.78, 5) is 36.3. The zero-order valence-electron chi connectivity index (χ0n) is 19.8. The number of primary amides is 1. The molecule has 6 rings (SSSR count). The predicted octanol–water partition coefficient (Wildman–Crippen LogP) is 3.80. The number of carbonyl (C=O) groups excluding carboxylic acids is 2. The number of furan rings is 1. The number of fused-ring (bicyclic) bond motifs is 2. The minimum atomic E-state index is -0.305. The van der Waals surface area contributed by atoms with Gasteiger partial charge in [0.15, 0.2) is 0 Å². The van der Waals surface area contributed by atoms with Crippen molar-refractivity contribution in [1.29, 1.82) is 0 Å². The number of hydrogen-bond acceptors (Lipinski definition) is 7. The summed E-state index contributed by atoms with van der Waals surface area (Å²) < 4.78 is 5.29. The molecule has 184 valence electrons. The number of nitrogens with one attached hydrogen (secondary N) is 2. The van der Waals surface area contributed by atoms with Crippen LogP contribution < -0.4 is 16.4 Å². The first kappa shape index (κ1) is 22.3. The molecule has 2 fully saturated rings. The van der Waals surface area contributed by atoms with Crippen LogP contribution in [0, 0.1) is 17.8 Å². The van der Waals surface area contributed by atoms with E-state index in [1.807, 2.05) is 35.2 Å². The second-order valence-corrected chi connectivity index (χ2v) is 9.72. The molecule has 4 atom stereocenters. The van der Waals surface area contributed by atoms with Crippen LogP contribution in [-0.2, 0) is 4.79 Å². The summed E-state index contributed by atoms with van der Waals surface area (Å²) in [5.41, 5.74) is 8.72. The molecule has 2 aliphatic carbocycles. The molecule has 1 saturated heterocycles. The number of amides is 2. The van der Waals surface area contributed by atoms with Crippen LogP contribution in [0.25, 0.3) is 11.1 Å². The van der Waals surface area contributed by atoms with Crippen LogP contribution in [0.15, 0.2) is 65.6 Å². The lowest BCUT2D eigenvalue weighted by atomic mass is 9.88. The first-order valence-electron chi connectivity index (χ1n) is 12.4. The van der Waals surface area contributed by atoms with Gasteiger partial charge in [0.05, 0.1) is 18.4 Å². The van der Waals surface area contributed by atoms with Gasteiger partial charge in [0.1, 0.15) is 5.82 Å². The Balaban J connectivity index is 1.29. The molecule has 3 aliphatic rings. The lowest BCUT2D eigenvalue weighted by molar-refractivity contribution is -0.122. The largest absolute Gasteiger partial charge is 0.472 e. The number of anilines is 3. The summed E-state index contributed by atoms with van der Waals surface area (Å²) in [6.45, 7) is 1.60. The highest BCUT2D eigenvalue weighted by molar-refractivity contribution is 5.95. The third-order valence-corrected chi connectivity index (χ3v) is 7.47. The van der Waals surface area contributed by atoms with Gasteiger partial charge in [0.25, 0.3) is 5.91 Å². The van der Waals surface area contributed by atoms with E-state index < -0.39 is 0 Å². The number of allylic oxidation sites excluding steroid dienone is 1. The van der Waals surface area contributed by atoms with E-state index in [-0.39, 0.29) is 35.6 Å². The van der Waals surface area contributed by atoms with Crippen LogP contribution in [0.4, 0.5) is 17.5 Å². The highest BCUT2D eigenvalue weighted by Crippen LogP contribution is 2.45. The average Bonchev–Trinajstić information content (AvgIpc) is 3.69. The van der Waals surface area contributed by atoms with E-state index in [9.17, 15) is 9.59 Å². The first-order valence-corrected chi connectivity index (χ1v) is 12.4. The van der Waals surface area contributed by atoms with Gasteiger partial charge in [-0.15, -0.1) is 0 Å². The van der Waals surface area contributed by atoms with Gasteiger partial charge >= 0.3 is 0 Å². The number of hydrogen-bond donors (Lipinski definition) is 3.